The van der Waals surface area contributed by atoms with Crippen molar-refractivity contribution in [3.63, 3.8) is 0 Å². The first-order valence-corrected chi connectivity index (χ1v) is 5.11. The number of methoxy groups -OCH3 is 1. The van der Waals surface area contributed by atoms with Crippen molar-refractivity contribution in [1.82, 2.24) is 4.90 Å². The maximum absolute atomic E-state index is 11.1. The molecule has 0 N–H and O–H groups in total. The summed E-state index contributed by atoms with van der Waals surface area (Å²) in [7, 11) is 1.45. The first-order chi connectivity index (χ1) is 6.29. The molecule has 0 radical (unpaired) electrons. The van der Waals surface area contributed by atoms with Crippen molar-refractivity contribution in [2.75, 3.05) is 20.2 Å². The number of likely N-dealkylation sites (N-methyl/N-ethyl adjacent to an activating group) is 1. The molecule has 1 heterocycles. The highest BCUT2D eigenvalue weighted by Crippen LogP contribution is 2.17. The molecule has 0 amide bonds. The quantitative estimate of drug-likeness (QED) is 0.616. The van der Waals surface area contributed by atoms with Gasteiger partial charge in [-0.25, -0.2) is 0 Å². The summed E-state index contributed by atoms with van der Waals surface area (Å²) in [4.78, 5) is 13.3. The molecule has 0 aromatic heterocycles. The van der Waals surface area contributed by atoms with Crippen molar-refractivity contribution in [2.24, 2.45) is 0 Å². The standard InChI is InChI=1S/C8H15NO2.C2H6/c1-3-9-6-4-5-7(9)8(10)11-2;1-2/h7H,3-6H2,1-2H3;1-2H3/t7-;/m0./s1. The van der Waals surface area contributed by atoms with E-state index in [1.807, 2.05) is 13.8 Å². The summed E-state index contributed by atoms with van der Waals surface area (Å²) in [6.07, 6.45) is 2.08. The molecule has 1 atom stereocenters. The molecular formula is C10H21NO2. The lowest BCUT2D eigenvalue weighted by Gasteiger charge is -2.19. The van der Waals surface area contributed by atoms with Crippen molar-refractivity contribution in [2.45, 2.75) is 39.7 Å². The molecule has 3 nitrogen and oxygen atoms in total. The van der Waals surface area contributed by atoms with Gasteiger partial charge in [-0.05, 0) is 25.9 Å². The molecule has 0 unspecified atom stereocenters. The number of likely N-dealkylation sites (tertiary alicyclic amines) is 1. The molecule has 1 fully saturated rings. The van der Waals surface area contributed by atoms with Crippen LogP contribution >= 0.6 is 0 Å². The summed E-state index contributed by atoms with van der Waals surface area (Å²) in [5.41, 5.74) is 0. The summed E-state index contributed by atoms with van der Waals surface area (Å²) in [5.74, 6) is -0.0793. The smallest absolute Gasteiger partial charge is 0.323 e. The third-order valence-electron chi connectivity index (χ3n) is 2.24. The normalized spacial score (nSPS) is 22.0. The van der Waals surface area contributed by atoms with Crippen LogP contribution in [0.1, 0.15) is 33.6 Å². The van der Waals surface area contributed by atoms with Crippen LogP contribution in [0.15, 0.2) is 0 Å². The molecule has 1 saturated heterocycles. The Morgan fingerprint density at radius 2 is 2.15 bits per heavy atom. The van der Waals surface area contributed by atoms with Crippen LogP contribution in [0.25, 0.3) is 0 Å². The molecule has 1 aliphatic rings. The molecule has 0 aromatic carbocycles. The number of carbonyl (C=O) groups is 1. The minimum Gasteiger partial charge on any atom is -0.468 e. The molecule has 1 aliphatic heterocycles. The summed E-state index contributed by atoms with van der Waals surface area (Å²) in [5, 5.41) is 0. The van der Waals surface area contributed by atoms with Crippen molar-refractivity contribution >= 4 is 5.97 Å². The number of rotatable bonds is 2. The fraction of sp³-hybridized carbons (Fsp3) is 0.900. The number of ether oxygens (including phenoxy) is 1. The molecule has 0 aliphatic carbocycles. The fourth-order valence-electron chi connectivity index (χ4n) is 1.61. The summed E-state index contributed by atoms with van der Waals surface area (Å²) >= 11 is 0. The molecule has 0 spiro atoms. The molecule has 0 saturated carbocycles. The van der Waals surface area contributed by atoms with Gasteiger partial charge in [0, 0.05) is 0 Å². The van der Waals surface area contributed by atoms with Gasteiger partial charge in [0.25, 0.3) is 0 Å². The Kier molecular flexibility index (Phi) is 6.59. The first-order valence-electron chi connectivity index (χ1n) is 5.11. The van der Waals surface area contributed by atoms with Gasteiger partial charge < -0.3 is 4.74 Å². The second-order valence-electron chi connectivity index (χ2n) is 2.81. The van der Waals surface area contributed by atoms with Crippen LogP contribution in [0, 0.1) is 0 Å². The Balaban J connectivity index is 0.000000671. The lowest BCUT2D eigenvalue weighted by atomic mass is 10.2. The van der Waals surface area contributed by atoms with Crippen LogP contribution in [0.5, 0.6) is 0 Å². The SMILES string of the molecule is CC.CCN1CCC[C@H]1C(=O)OC. The lowest BCUT2D eigenvalue weighted by molar-refractivity contribution is -0.145. The highest BCUT2D eigenvalue weighted by atomic mass is 16.5. The van der Waals surface area contributed by atoms with E-state index in [1.54, 1.807) is 0 Å². The van der Waals surface area contributed by atoms with E-state index in [-0.39, 0.29) is 12.0 Å². The zero-order valence-corrected chi connectivity index (χ0v) is 9.17. The minimum atomic E-state index is -0.0793. The Hall–Kier alpha value is -0.570. The molecule has 3 heteroatoms. The number of nitrogens with zero attached hydrogens (tertiary/aromatic N) is 1. The number of carbonyl (C=O) groups excluding carboxylic acids is 1. The predicted octanol–water partition coefficient (Wildman–Crippen LogP) is 1.67. The molecule has 0 aromatic rings. The Morgan fingerprint density at radius 3 is 2.62 bits per heavy atom. The highest BCUT2D eigenvalue weighted by molar-refractivity contribution is 5.75. The molecule has 1 rings (SSSR count). The van der Waals surface area contributed by atoms with Gasteiger partial charge in [0.2, 0.25) is 0 Å². The topological polar surface area (TPSA) is 29.5 Å². The van der Waals surface area contributed by atoms with Gasteiger partial charge in [-0.1, -0.05) is 20.8 Å². The van der Waals surface area contributed by atoms with Gasteiger partial charge >= 0.3 is 5.97 Å². The van der Waals surface area contributed by atoms with Crippen molar-refractivity contribution in [1.29, 1.82) is 0 Å². The summed E-state index contributed by atoms with van der Waals surface area (Å²) < 4.78 is 4.69. The maximum Gasteiger partial charge on any atom is 0.323 e. The van der Waals surface area contributed by atoms with Gasteiger partial charge in [0.15, 0.2) is 0 Å². The Bertz CT molecular complexity index is 148. The number of esters is 1. The molecule has 78 valence electrons. The monoisotopic (exact) mass is 187 g/mol. The van der Waals surface area contributed by atoms with Gasteiger partial charge in [-0.2, -0.15) is 0 Å². The van der Waals surface area contributed by atoms with Gasteiger partial charge in [0.05, 0.1) is 7.11 Å². The van der Waals surface area contributed by atoms with Crippen LogP contribution < -0.4 is 0 Å². The zero-order chi connectivity index (χ0) is 10.3. The molecule has 0 bridgehead atoms. The van der Waals surface area contributed by atoms with Gasteiger partial charge in [-0.15, -0.1) is 0 Å². The van der Waals surface area contributed by atoms with E-state index in [1.165, 1.54) is 7.11 Å². The summed E-state index contributed by atoms with van der Waals surface area (Å²) in [6.45, 7) is 8.05. The zero-order valence-electron chi connectivity index (χ0n) is 9.17. The van der Waals surface area contributed by atoms with Crippen molar-refractivity contribution in [3.8, 4) is 0 Å². The van der Waals surface area contributed by atoms with E-state index in [0.29, 0.717) is 0 Å². The predicted molar refractivity (Wildman–Crippen MR) is 53.6 cm³/mol. The van der Waals surface area contributed by atoms with Crippen molar-refractivity contribution < 1.29 is 9.53 Å². The van der Waals surface area contributed by atoms with E-state index in [4.69, 9.17) is 0 Å². The fourth-order valence-corrected chi connectivity index (χ4v) is 1.61. The first kappa shape index (κ1) is 12.4. The third-order valence-corrected chi connectivity index (χ3v) is 2.24. The Morgan fingerprint density at radius 1 is 1.54 bits per heavy atom. The average Bonchev–Trinajstić information content (AvgIpc) is 2.67. The number of hydrogen-bond acceptors (Lipinski definition) is 3. The number of hydrogen-bond donors (Lipinski definition) is 0. The van der Waals surface area contributed by atoms with Gasteiger partial charge in [-0.3, -0.25) is 9.69 Å². The third kappa shape index (κ3) is 3.35. The van der Waals surface area contributed by atoms with Gasteiger partial charge in [0.1, 0.15) is 6.04 Å². The lowest BCUT2D eigenvalue weighted by Crippen LogP contribution is -2.36. The van der Waals surface area contributed by atoms with E-state index >= 15 is 0 Å². The Labute approximate surface area is 81.1 Å². The molecular weight excluding hydrogens is 166 g/mol. The van der Waals surface area contributed by atoms with Crippen LogP contribution in [0.2, 0.25) is 0 Å². The van der Waals surface area contributed by atoms with Crippen LogP contribution in [-0.4, -0.2) is 37.1 Å². The maximum atomic E-state index is 11.1. The van der Waals surface area contributed by atoms with Crippen LogP contribution in [0.4, 0.5) is 0 Å². The van der Waals surface area contributed by atoms with Crippen LogP contribution in [0.3, 0.4) is 0 Å². The highest BCUT2D eigenvalue weighted by Gasteiger charge is 2.29. The largest absolute Gasteiger partial charge is 0.468 e. The van der Waals surface area contributed by atoms with E-state index in [9.17, 15) is 4.79 Å². The molecule has 13 heavy (non-hydrogen) atoms. The van der Waals surface area contributed by atoms with E-state index in [0.717, 1.165) is 25.9 Å². The average molecular weight is 187 g/mol. The second-order valence-corrected chi connectivity index (χ2v) is 2.81. The van der Waals surface area contributed by atoms with E-state index in [2.05, 4.69) is 16.6 Å². The minimum absolute atomic E-state index is 0.0324. The van der Waals surface area contributed by atoms with Crippen molar-refractivity contribution in [3.05, 3.63) is 0 Å². The second kappa shape index (κ2) is 6.89. The van der Waals surface area contributed by atoms with Crippen LogP contribution in [-0.2, 0) is 9.53 Å². The summed E-state index contributed by atoms with van der Waals surface area (Å²) in [6, 6.07) is 0.0324. The van der Waals surface area contributed by atoms with E-state index < -0.39 is 0 Å².